The second-order valence-corrected chi connectivity index (χ2v) is 8.31. The quantitative estimate of drug-likeness (QED) is 0.316. The Morgan fingerprint density at radius 3 is 2.72 bits per heavy atom. The van der Waals surface area contributed by atoms with Crippen LogP contribution in [0.4, 0.5) is 4.79 Å². The third-order valence-electron chi connectivity index (χ3n) is 6.23. The van der Waals surface area contributed by atoms with Gasteiger partial charge in [-0.05, 0) is 20.8 Å². The van der Waals surface area contributed by atoms with Gasteiger partial charge in [0, 0.05) is 30.8 Å². The minimum atomic E-state index is -0.993. The maximum Gasteiger partial charge on any atom is 0.404 e. The van der Waals surface area contributed by atoms with Crippen LogP contribution in [0.5, 0.6) is 0 Å². The molecule has 29 heavy (non-hydrogen) atoms. The maximum absolute atomic E-state index is 13.5. The molecule has 3 heterocycles. The first-order valence-corrected chi connectivity index (χ1v) is 9.40. The number of carbonyl (C=O) groups excluding carboxylic acids is 3. The second-order valence-electron chi connectivity index (χ2n) is 8.31. The molecule has 9 nitrogen and oxygen atoms in total. The highest BCUT2D eigenvalue weighted by Gasteiger charge is 2.72. The number of hydrogen-bond acceptors (Lipinski definition) is 8. The van der Waals surface area contributed by atoms with Crippen molar-refractivity contribution in [3.05, 3.63) is 22.5 Å². The SMILES string of the molecule is C#CC(C)(C)NC1=C(C)C(=O)C2=C(C1=O)[C@H](COC(N)=O)C1(OC)[C@@H]3N[C@@H]3CN21. The van der Waals surface area contributed by atoms with Gasteiger partial charge in [-0.2, -0.15) is 0 Å². The zero-order valence-electron chi connectivity index (χ0n) is 16.8. The lowest BCUT2D eigenvalue weighted by Gasteiger charge is -2.39. The first-order valence-electron chi connectivity index (χ1n) is 9.40. The van der Waals surface area contributed by atoms with Crippen molar-refractivity contribution in [1.82, 2.24) is 15.5 Å². The van der Waals surface area contributed by atoms with Gasteiger partial charge in [0.25, 0.3) is 0 Å². The lowest BCUT2D eigenvalue weighted by Crippen LogP contribution is -2.55. The predicted octanol–water partition coefficient (Wildman–Crippen LogP) is -0.608. The number of hydrogen-bond donors (Lipinski definition) is 3. The van der Waals surface area contributed by atoms with Crippen molar-refractivity contribution in [3.63, 3.8) is 0 Å². The Hall–Kier alpha value is -2.83. The lowest BCUT2D eigenvalue weighted by molar-refractivity contribution is -0.137. The molecule has 0 saturated carbocycles. The number of Topliss-reactive ketones (excluding diaryl/α,β-unsaturated/α-hetero) is 2. The van der Waals surface area contributed by atoms with Gasteiger partial charge < -0.3 is 30.7 Å². The summed E-state index contributed by atoms with van der Waals surface area (Å²) in [5, 5.41) is 6.34. The molecule has 3 aliphatic heterocycles. The Labute approximate surface area is 168 Å². The van der Waals surface area contributed by atoms with Gasteiger partial charge in [-0.1, -0.05) is 5.92 Å². The molecule has 154 valence electrons. The number of allylic oxidation sites excluding steroid dienone is 2. The zero-order chi connectivity index (χ0) is 21.3. The predicted molar refractivity (Wildman–Crippen MR) is 102 cm³/mol. The number of carbonyl (C=O) groups is 3. The number of amides is 1. The monoisotopic (exact) mass is 400 g/mol. The second kappa shape index (κ2) is 6.08. The Morgan fingerprint density at radius 1 is 1.45 bits per heavy atom. The Morgan fingerprint density at radius 2 is 2.14 bits per heavy atom. The van der Waals surface area contributed by atoms with E-state index in [1.165, 1.54) is 7.11 Å². The summed E-state index contributed by atoms with van der Waals surface area (Å²) >= 11 is 0. The van der Waals surface area contributed by atoms with Crippen LogP contribution in [-0.4, -0.2) is 66.2 Å². The van der Waals surface area contributed by atoms with E-state index >= 15 is 0 Å². The largest absolute Gasteiger partial charge is 0.449 e. The summed E-state index contributed by atoms with van der Waals surface area (Å²) in [5.41, 5.74) is 4.39. The normalized spacial score (nSPS) is 32.7. The fourth-order valence-electron chi connectivity index (χ4n) is 4.79. The number of terminal acetylenes is 1. The van der Waals surface area contributed by atoms with Crippen LogP contribution in [0.1, 0.15) is 20.8 Å². The summed E-state index contributed by atoms with van der Waals surface area (Å²) in [5.74, 6) is 1.29. The molecule has 0 aromatic rings. The van der Waals surface area contributed by atoms with Crippen molar-refractivity contribution in [1.29, 1.82) is 0 Å². The number of ketones is 2. The van der Waals surface area contributed by atoms with Crippen molar-refractivity contribution >= 4 is 17.7 Å². The smallest absolute Gasteiger partial charge is 0.404 e. The summed E-state index contributed by atoms with van der Waals surface area (Å²) in [6.07, 6.45) is 4.60. The number of primary amides is 1. The van der Waals surface area contributed by atoms with E-state index < -0.39 is 23.3 Å². The average Bonchev–Trinajstić information content (AvgIpc) is 3.28. The molecule has 0 aromatic heterocycles. The van der Waals surface area contributed by atoms with Crippen molar-refractivity contribution in [2.45, 2.75) is 44.1 Å². The maximum atomic E-state index is 13.5. The van der Waals surface area contributed by atoms with Crippen LogP contribution in [0.15, 0.2) is 22.5 Å². The molecule has 4 atom stereocenters. The van der Waals surface area contributed by atoms with Crippen LogP contribution in [0.2, 0.25) is 0 Å². The number of nitrogens with two attached hydrogens (primary N) is 1. The lowest BCUT2D eigenvalue weighted by atomic mass is 9.82. The number of fused-ring (bicyclic) bond motifs is 4. The molecule has 0 spiro atoms. The minimum Gasteiger partial charge on any atom is -0.449 e. The summed E-state index contributed by atoms with van der Waals surface area (Å²) in [6, 6.07) is 0.0613. The minimum absolute atomic E-state index is 0.0842. The Balaban J connectivity index is 1.81. The fraction of sp³-hybridized carbons (Fsp3) is 0.550. The van der Waals surface area contributed by atoms with Crippen molar-refractivity contribution in [2.24, 2.45) is 11.7 Å². The number of ether oxygens (including phenoxy) is 2. The van der Waals surface area contributed by atoms with Crippen molar-refractivity contribution in [2.75, 3.05) is 20.3 Å². The highest BCUT2D eigenvalue weighted by atomic mass is 16.6. The summed E-state index contributed by atoms with van der Waals surface area (Å²) < 4.78 is 11.0. The molecule has 2 fully saturated rings. The van der Waals surface area contributed by atoms with Crippen molar-refractivity contribution in [3.8, 4) is 12.3 Å². The van der Waals surface area contributed by atoms with Crippen LogP contribution in [0, 0.1) is 18.3 Å². The highest BCUT2D eigenvalue weighted by Crippen LogP contribution is 2.55. The molecule has 0 radical (unpaired) electrons. The average molecular weight is 400 g/mol. The summed E-state index contributed by atoms with van der Waals surface area (Å²) in [6.45, 7) is 5.44. The topological polar surface area (TPSA) is 133 Å². The summed E-state index contributed by atoms with van der Waals surface area (Å²) in [7, 11) is 1.53. The first kappa shape index (κ1) is 19.5. The molecule has 2 saturated heterocycles. The van der Waals surface area contributed by atoms with E-state index in [9.17, 15) is 14.4 Å². The van der Waals surface area contributed by atoms with E-state index in [4.69, 9.17) is 21.6 Å². The van der Waals surface area contributed by atoms with E-state index in [-0.39, 0.29) is 41.5 Å². The number of piperazine rings is 1. The molecule has 1 amide bonds. The zero-order valence-corrected chi connectivity index (χ0v) is 16.8. The van der Waals surface area contributed by atoms with Gasteiger partial charge in [0.15, 0.2) is 5.72 Å². The Bertz CT molecular complexity index is 943. The molecule has 0 aromatic carbocycles. The molecular weight excluding hydrogens is 376 g/mol. The third kappa shape index (κ3) is 2.52. The summed E-state index contributed by atoms with van der Waals surface area (Å²) in [4.78, 5) is 40.0. The van der Waals surface area contributed by atoms with Gasteiger partial charge in [-0.15, -0.1) is 6.42 Å². The molecule has 4 rings (SSSR count). The number of rotatable bonds is 5. The standard InChI is InChI=1S/C20H24N4O5/c1-6-19(3,4)23-13-9(2)15(25)14-12(16(13)26)10(8-29-18(21)27)20(28-5)17-11(22-17)7-24(14)20/h1,10-11,17,22-23H,7-8H2,2-5H3,(H2,21,27)/t10-,11+,17+,20?/m0/s1. The molecule has 4 aliphatic rings. The highest BCUT2D eigenvalue weighted by molar-refractivity contribution is 6.25. The van der Waals surface area contributed by atoms with Crippen LogP contribution in [-0.2, 0) is 19.1 Å². The molecule has 0 bridgehead atoms. The van der Waals surface area contributed by atoms with Gasteiger partial charge in [0.05, 0.1) is 28.9 Å². The van der Waals surface area contributed by atoms with Crippen LogP contribution >= 0.6 is 0 Å². The van der Waals surface area contributed by atoms with Gasteiger partial charge in [0.2, 0.25) is 11.6 Å². The van der Waals surface area contributed by atoms with Gasteiger partial charge >= 0.3 is 6.09 Å². The van der Waals surface area contributed by atoms with Gasteiger partial charge in [-0.25, -0.2) is 4.79 Å². The van der Waals surface area contributed by atoms with E-state index in [1.807, 2.05) is 4.90 Å². The van der Waals surface area contributed by atoms with E-state index in [1.54, 1.807) is 20.8 Å². The van der Waals surface area contributed by atoms with Crippen LogP contribution in [0.3, 0.4) is 0 Å². The Kier molecular flexibility index (Phi) is 4.09. The van der Waals surface area contributed by atoms with Crippen LogP contribution in [0.25, 0.3) is 0 Å². The first-order chi connectivity index (χ1) is 13.6. The molecular formula is C20H24N4O5. The van der Waals surface area contributed by atoms with E-state index in [0.29, 0.717) is 17.8 Å². The third-order valence-corrected chi connectivity index (χ3v) is 6.23. The molecule has 1 unspecified atom stereocenters. The van der Waals surface area contributed by atoms with E-state index in [0.717, 1.165) is 0 Å². The molecule has 4 N–H and O–H groups in total. The number of nitrogens with one attached hydrogen (secondary N) is 2. The molecule has 9 heteroatoms. The number of methoxy groups -OCH3 is 1. The van der Waals surface area contributed by atoms with Crippen LogP contribution < -0.4 is 16.4 Å². The molecule has 1 aliphatic carbocycles. The fourth-order valence-corrected chi connectivity index (χ4v) is 4.79. The van der Waals surface area contributed by atoms with E-state index in [2.05, 4.69) is 16.6 Å². The number of nitrogens with zero attached hydrogens (tertiary/aromatic N) is 1. The van der Waals surface area contributed by atoms with Gasteiger partial charge in [0.1, 0.15) is 6.61 Å². The van der Waals surface area contributed by atoms with Gasteiger partial charge in [-0.3, -0.25) is 9.59 Å². The van der Waals surface area contributed by atoms with Crippen molar-refractivity contribution < 1.29 is 23.9 Å².